The zero-order valence-electron chi connectivity index (χ0n) is 6.37. The van der Waals surface area contributed by atoms with Gasteiger partial charge in [0.25, 0.3) is 0 Å². The predicted molar refractivity (Wildman–Crippen MR) is 41.7 cm³/mol. The van der Waals surface area contributed by atoms with E-state index >= 15 is 0 Å². The van der Waals surface area contributed by atoms with E-state index in [1.54, 1.807) is 19.1 Å². The van der Waals surface area contributed by atoms with Crippen molar-refractivity contribution in [2.75, 3.05) is 0 Å². The lowest BCUT2D eigenvalue weighted by molar-refractivity contribution is 0.155. The van der Waals surface area contributed by atoms with Crippen LogP contribution in [0.4, 0.5) is 0 Å². The van der Waals surface area contributed by atoms with Gasteiger partial charge in [0.1, 0.15) is 11.9 Å². The molecule has 1 heterocycles. The maximum atomic E-state index is 9.34. The summed E-state index contributed by atoms with van der Waals surface area (Å²) >= 11 is 0. The Morgan fingerprint density at radius 1 is 1.73 bits per heavy atom. The van der Waals surface area contributed by atoms with Gasteiger partial charge < -0.3 is 9.52 Å². The molecule has 11 heavy (non-hydrogen) atoms. The third-order valence-corrected chi connectivity index (χ3v) is 1.34. The molecule has 0 radical (unpaired) electrons. The average Bonchev–Trinajstić information content (AvgIpc) is 2.52. The van der Waals surface area contributed by atoms with Crippen molar-refractivity contribution in [3.05, 3.63) is 24.2 Å². The molecular weight excluding hydrogens is 140 g/mol. The fourth-order valence-electron chi connectivity index (χ4n) is 0.780. The molecule has 2 heteroatoms. The summed E-state index contributed by atoms with van der Waals surface area (Å²) in [7, 11) is 0. The number of furan rings is 1. The second kappa shape index (κ2) is 3.85. The maximum absolute atomic E-state index is 9.34. The largest absolute Gasteiger partial charge is 0.467 e. The highest BCUT2D eigenvalue weighted by molar-refractivity contribution is 5.06. The van der Waals surface area contributed by atoms with Crippen LogP contribution in [0.15, 0.2) is 22.8 Å². The average molecular weight is 150 g/mol. The van der Waals surface area contributed by atoms with Gasteiger partial charge in [-0.25, -0.2) is 0 Å². The number of hydrogen-bond acceptors (Lipinski definition) is 2. The van der Waals surface area contributed by atoms with Crippen LogP contribution >= 0.6 is 0 Å². The van der Waals surface area contributed by atoms with Crippen LogP contribution in [-0.4, -0.2) is 5.11 Å². The van der Waals surface area contributed by atoms with Crippen molar-refractivity contribution in [3.63, 3.8) is 0 Å². The Bertz CT molecular complexity index is 251. The molecule has 1 aromatic rings. The predicted octanol–water partition coefficient (Wildman–Crippen LogP) is 1.73. The van der Waals surface area contributed by atoms with Crippen molar-refractivity contribution >= 4 is 0 Å². The topological polar surface area (TPSA) is 33.4 Å². The molecule has 0 saturated heterocycles. The molecule has 0 aliphatic heterocycles. The Hall–Kier alpha value is -1.20. The van der Waals surface area contributed by atoms with Crippen LogP contribution in [0.5, 0.6) is 0 Å². The molecule has 1 aromatic heterocycles. The number of rotatable bonds is 2. The first-order valence-corrected chi connectivity index (χ1v) is 3.45. The minimum atomic E-state index is -0.586. The quantitative estimate of drug-likeness (QED) is 0.651. The van der Waals surface area contributed by atoms with Crippen molar-refractivity contribution in [3.8, 4) is 11.8 Å². The summed E-state index contributed by atoms with van der Waals surface area (Å²) in [4.78, 5) is 0. The molecule has 2 nitrogen and oxygen atoms in total. The molecule has 0 aliphatic carbocycles. The second-order valence-electron chi connectivity index (χ2n) is 2.16. The van der Waals surface area contributed by atoms with Crippen molar-refractivity contribution in [2.45, 2.75) is 19.4 Å². The fraction of sp³-hybridized carbons (Fsp3) is 0.333. The first kappa shape index (κ1) is 7.90. The van der Waals surface area contributed by atoms with Crippen LogP contribution in [-0.2, 0) is 0 Å². The molecule has 1 unspecified atom stereocenters. The molecule has 1 rings (SSSR count). The van der Waals surface area contributed by atoms with Gasteiger partial charge in [-0.15, -0.1) is 11.8 Å². The third-order valence-electron chi connectivity index (χ3n) is 1.34. The van der Waals surface area contributed by atoms with Crippen LogP contribution in [0.3, 0.4) is 0 Å². The molecule has 0 saturated carbocycles. The SMILES string of the molecule is CC#CCC(O)c1ccco1. The third kappa shape index (κ3) is 2.14. The summed E-state index contributed by atoms with van der Waals surface area (Å²) in [5.74, 6) is 6.06. The van der Waals surface area contributed by atoms with Gasteiger partial charge in [-0.3, -0.25) is 0 Å². The minimum absolute atomic E-state index is 0.435. The highest BCUT2D eigenvalue weighted by Gasteiger charge is 2.06. The van der Waals surface area contributed by atoms with E-state index in [-0.39, 0.29) is 0 Å². The van der Waals surface area contributed by atoms with E-state index in [1.165, 1.54) is 6.26 Å². The van der Waals surface area contributed by atoms with Crippen LogP contribution in [0.2, 0.25) is 0 Å². The van der Waals surface area contributed by atoms with E-state index in [9.17, 15) is 5.11 Å². The molecule has 1 atom stereocenters. The van der Waals surface area contributed by atoms with Gasteiger partial charge in [-0.1, -0.05) is 0 Å². The minimum Gasteiger partial charge on any atom is -0.467 e. The Balaban J connectivity index is 2.53. The summed E-state index contributed by atoms with van der Waals surface area (Å²) in [6.45, 7) is 1.74. The summed E-state index contributed by atoms with van der Waals surface area (Å²) in [6, 6.07) is 3.49. The van der Waals surface area contributed by atoms with Gasteiger partial charge in [0, 0.05) is 6.42 Å². The van der Waals surface area contributed by atoms with Crippen LogP contribution in [0.1, 0.15) is 25.2 Å². The highest BCUT2D eigenvalue weighted by atomic mass is 16.4. The monoisotopic (exact) mass is 150 g/mol. The van der Waals surface area contributed by atoms with Crippen LogP contribution < -0.4 is 0 Å². The van der Waals surface area contributed by atoms with Crippen molar-refractivity contribution in [1.29, 1.82) is 0 Å². The molecule has 0 aromatic carbocycles. The molecule has 1 N–H and O–H groups in total. The molecule has 0 spiro atoms. The lowest BCUT2D eigenvalue weighted by Gasteiger charge is -2.00. The summed E-state index contributed by atoms with van der Waals surface area (Å²) < 4.78 is 4.97. The molecule has 0 bridgehead atoms. The van der Waals surface area contributed by atoms with E-state index in [0.717, 1.165) is 0 Å². The van der Waals surface area contributed by atoms with Crippen molar-refractivity contribution in [2.24, 2.45) is 0 Å². The zero-order chi connectivity index (χ0) is 8.10. The summed E-state index contributed by atoms with van der Waals surface area (Å²) in [5, 5.41) is 9.34. The van der Waals surface area contributed by atoms with Crippen molar-refractivity contribution in [1.82, 2.24) is 0 Å². The van der Waals surface area contributed by atoms with Gasteiger partial charge in [-0.2, -0.15) is 0 Å². The van der Waals surface area contributed by atoms with E-state index in [4.69, 9.17) is 4.42 Å². The van der Waals surface area contributed by atoms with Gasteiger partial charge in [0.2, 0.25) is 0 Å². The van der Waals surface area contributed by atoms with E-state index in [1.807, 2.05) is 0 Å². The summed E-state index contributed by atoms with van der Waals surface area (Å²) in [5.41, 5.74) is 0. The summed E-state index contributed by atoms with van der Waals surface area (Å²) in [6.07, 6.45) is 1.39. The number of hydrogen-bond donors (Lipinski definition) is 1. The van der Waals surface area contributed by atoms with Gasteiger partial charge in [0.05, 0.1) is 6.26 Å². The fourth-order valence-corrected chi connectivity index (χ4v) is 0.780. The second-order valence-corrected chi connectivity index (χ2v) is 2.16. The Morgan fingerprint density at radius 2 is 2.55 bits per heavy atom. The van der Waals surface area contributed by atoms with Gasteiger partial charge in [0.15, 0.2) is 0 Å². The lowest BCUT2D eigenvalue weighted by Crippen LogP contribution is -1.92. The molecule has 0 fully saturated rings. The van der Waals surface area contributed by atoms with Crippen LogP contribution in [0.25, 0.3) is 0 Å². The Labute approximate surface area is 65.8 Å². The standard InChI is InChI=1S/C9H10O2/c1-2-3-5-8(10)9-6-4-7-11-9/h4,6-8,10H,5H2,1H3. The Kier molecular flexibility index (Phi) is 2.76. The van der Waals surface area contributed by atoms with Gasteiger partial charge in [-0.05, 0) is 19.1 Å². The lowest BCUT2D eigenvalue weighted by atomic mass is 10.2. The number of aliphatic hydroxyl groups is 1. The Morgan fingerprint density at radius 3 is 3.09 bits per heavy atom. The van der Waals surface area contributed by atoms with E-state index < -0.39 is 6.10 Å². The maximum Gasteiger partial charge on any atom is 0.133 e. The van der Waals surface area contributed by atoms with Gasteiger partial charge >= 0.3 is 0 Å². The van der Waals surface area contributed by atoms with E-state index in [2.05, 4.69) is 11.8 Å². The van der Waals surface area contributed by atoms with Crippen LogP contribution in [0, 0.1) is 11.8 Å². The smallest absolute Gasteiger partial charge is 0.133 e. The van der Waals surface area contributed by atoms with Crippen molar-refractivity contribution < 1.29 is 9.52 Å². The first-order chi connectivity index (χ1) is 5.34. The first-order valence-electron chi connectivity index (χ1n) is 3.45. The van der Waals surface area contributed by atoms with E-state index in [0.29, 0.717) is 12.2 Å². The molecule has 58 valence electrons. The highest BCUT2D eigenvalue weighted by Crippen LogP contribution is 2.15. The molecule has 0 aliphatic rings. The zero-order valence-corrected chi connectivity index (χ0v) is 6.37. The molecular formula is C9H10O2. The molecule has 0 amide bonds. The normalized spacial score (nSPS) is 11.8. The number of aliphatic hydroxyl groups excluding tert-OH is 1.